The first-order chi connectivity index (χ1) is 6.68. The molecule has 2 nitrogen and oxygen atoms in total. The molecule has 14 heavy (non-hydrogen) atoms. The number of halogens is 1. The highest BCUT2D eigenvalue weighted by Gasteiger charge is 2.04. The summed E-state index contributed by atoms with van der Waals surface area (Å²) in [5.74, 6) is -0.361. The second kappa shape index (κ2) is 3.31. The quantitative estimate of drug-likeness (QED) is 0.725. The lowest BCUT2D eigenvalue weighted by molar-refractivity contribution is 0.637. The van der Waals surface area contributed by atoms with Gasteiger partial charge in [-0.25, -0.2) is 9.37 Å². The van der Waals surface area contributed by atoms with Gasteiger partial charge >= 0.3 is 0 Å². The van der Waals surface area contributed by atoms with Crippen molar-refractivity contribution in [3.8, 4) is 0 Å². The minimum Gasteiger partial charge on any atom is -0.388 e. The first-order valence-electron chi connectivity index (χ1n) is 4.03. The van der Waals surface area contributed by atoms with E-state index in [0.29, 0.717) is 11.2 Å². The van der Waals surface area contributed by atoms with Crippen molar-refractivity contribution in [1.82, 2.24) is 4.98 Å². The maximum Gasteiger partial charge on any atom is 0.149 e. The molecule has 0 saturated heterocycles. The standard InChI is InChI=1S/C10H7FN2S/c11-7-3-1-2-6-4-5-8(10(12)14)13-9(6)7/h1-5H,(H2,12,14). The minimum absolute atomic E-state index is 0.176. The molecule has 0 amide bonds. The Labute approximate surface area is 85.6 Å². The summed E-state index contributed by atoms with van der Waals surface area (Å²) < 4.78 is 13.3. The maximum atomic E-state index is 13.3. The minimum atomic E-state index is -0.361. The number of rotatable bonds is 1. The molecular weight excluding hydrogens is 199 g/mol. The number of thiocarbonyl (C=S) groups is 1. The van der Waals surface area contributed by atoms with Crippen molar-refractivity contribution in [2.24, 2.45) is 5.73 Å². The van der Waals surface area contributed by atoms with Crippen LogP contribution in [0.4, 0.5) is 4.39 Å². The van der Waals surface area contributed by atoms with Gasteiger partial charge in [0.15, 0.2) is 0 Å². The van der Waals surface area contributed by atoms with E-state index in [-0.39, 0.29) is 10.8 Å². The first-order valence-corrected chi connectivity index (χ1v) is 4.44. The molecule has 0 saturated carbocycles. The summed E-state index contributed by atoms with van der Waals surface area (Å²) in [7, 11) is 0. The summed E-state index contributed by atoms with van der Waals surface area (Å²) in [4.78, 5) is 4.21. The number of nitrogens with two attached hydrogens (primary N) is 1. The average Bonchev–Trinajstić information content (AvgIpc) is 2.18. The fourth-order valence-corrected chi connectivity index (χ4v) is 1.36. The van der Waals surface area contributed by atoms with E-state index in [1.165, 1.54) is 6.07 Å². The lowest BCUT2D eigenvalue weighted by Crippen LogP contribution is -2.11. The molecule has 2 N–H and O–H groups in total. The zero-order chi connectivity index (χ0) is 10.1. The van der Waals surface area contributed by atoms with E-state index in [9.17, 15) is 4.39 Å². The number of aromatic nitrogens is 1. The van der Waals surface area contributed by atoms with Crippen molar-refractivity contribution in [1.29, 1.82) is 0 Å². The molecule has 0 atom stereocenters. The van der Waals surface area contributed by atoms with Crippen molar-refractivity contribution in [2.45, 2.75) is 0 Å². The molecule has 0 bridgehead atoms. The second-order valence-corrected chi connectivity index (χ2v) is 3.31. The lowest BCUT2D eigenvalue weighted by atomic mass is 10.2. The van der Waals surface area contributed by atoms with E-state index in [0.717, 1.165) is 5.39 Å². The predicted molar refractivity (Wildman–Crippen MR) is 57.6 cm³/mol. The second-order valence-electron chi connectivity index (χ2n) is 2.87. The Morgan fingerprint density at radius 3 is 2.79 bits per heavy atom. The van der Waals surface area contributed by atoms with Gasteiger partial charge in [0.1, 0.15) is 16.3 Å². The van der Waals surface area contributed by atoms with E-state index >= 15 is 0 Å². The van der Waals surface area contributed by atoms with E-state index in [4.69, 9.17) is 18.0 Å². The Balaban J connectivity index is 2.76. The molecule has 1 aromatic heterocycles. The molecule has 70 valence electrons. The third-order valence-electron chi connectivity index (χ3n) is 1.92. The molecule has 0 aliphatic rings. The molecule has 0 spiro atoms. The number of para-hydroxylation sites is 1. The third-order valence-corrected chi connectivity index (χ3v) is 2.13. The third kappa shape index (κ3) is 1.44. The van der Waals surface area contributed by atoms with E-state index in [1.807, 2.05) is 0 Å². The topological polar surface area (TPSA) is 38.9 Å². The largest absolute Gasteiger partial charge is 0.388 e. The number of hydrogen-bond donors (Lipinski definition) is 1. The van der Waals surface area contributed by atoms with Gasteiger partial charge in [0, 0.05) is 5.39 Å². The van der Waals surface area contributed by atoms with E-state index in [2.05, 4.69) is 4.98 Å². The Kier molecular flexibility index (Phi) is 2.13. The first kappa shape index (κ1) is 9.02. The smallest absolute Gasteiger partial charge is 0.149 e. The molecule has 4 heteroatoms. The predicted octanol–water partition coefficient (Wildman–Crippen LogP) is 2.01. The number of nitrogens with zero attached hydrogens (tertiary/aromatic N) is 1. The highest BCUT2D eigenvalue weighted by Crippen LogP contribution is 2.15. The van der Waals surface area contributed by atoms with Crippen LogP contribution in [0.15, 0.2) is 30.3 Å². The molecule has 0 radical (unpaired) electrons. The van der Waals surface area contributed by atoms with Crippen LogP contribution in [0.2, 0.25) is 0 Å². The van der Waals surface area contributed by atoms with Crippen molar-refractivity contribution in [2.75, 3.05) is 0 Å². The van der Waals surface area contributed by atoms with Gasteiger partial charge in [-0.3, -0.25) is 0 Å². The van der Waals surface area contributed by atoms with Crippen LogP contribution < -0.4 is 5.73 Å². The van der Waals surface area contributed by atoms with Crippen LogP contribution in [-0.4, -0.2) is 9.97 Å². The van der Waals surface area contributed by atoms with Crippen LogP contribution in [0.3, 0.4) is 0 Å². The molecule has 1 heterocycles. The van der Waals surface area contributed by atoms with Crippen molar-refractivity contribution in [3.05, 3.63) is 41.8 Å². The Bertz CT molecular complexity index is 510. The zero-order valence-corrected chi connectivity index (χ0v) is 8.01. The van der Waals surface area contributed by atoms with Gasteiger partial charge in [-0.2, -0.15) is 0 Å². The van der Waals surface area contributed by atoms with E-state index in [1.54, 1.807) is 24.3 Å². The van der Waals surface area contributed by atoms with Gasteiger partial charge < -0.3 is 5.73 Å². The van der Waals surface area contributed by atoms with Crippen LogP contribution in [0.1, 0.15) is 5.69 Å². The van der Waals surface area contributed by atoms with Gasteiger partial charge in [0.25, 0.3) is 0 Å². The SMILES string of the molecule is NC(=S)c1ccc2cccc(F)c2n1. The van der Waals surface area contributed by atoms with Crippen LogP contribution in [-0.2, 0) is 0 Å². The molecule has 0 unspecified atom stereocenters. The van der Waals surface area contributed by atoms with Crippen LogP contribution in [0.25, 0.3) is 10.9 Å². The Morgan fingerprint density at radius 1 is 1.29 bits per heavy atom. The fraction of sp³-hybridized carbons (Fsp3) is 0. The lowest BCUT2D eigenvalue weighted by Gasteiger charge is -2.01. The zero-order valence-electron chi connectivity index (χ0n) is 7.20. The van der Waals surface area contributed by atoms with Gasteiger partial charge in [-0.15, -0.1) is 0 Å². The summed E-state index contributed by atoms with van der Waals surface area (Å²) in [6.07, 6.45) is 0. The molecule has 2 aromatic rings. The van der Waals surface area contributed by atoms with Crippen molar-refractivity contribution >= 4 is 28.1 Å². The number of fused-ring (bicyclic) bond motifs is 1. The van der Waals surface area contributed by atoms with Crippen LogP contribution >= 0.6 is 12.2 Å². The van der Waals surface area contributed by atoms with Gasteiger partial charge in [0.05, 0.1) is 5.69 Å². The highest BCUT2D eigenvalue weighted by molar-refractivity contribution is 7.80. The monoisotopic (exact) mass is 206 g/mol. The number of pyridine rings is 1. The van der Waals surface area contributed by atoms with Gasteiger partial charge in [0.2, 0.25) is 0 Å². The summed E-state index contributed by atoms with van der Waals surface area (Å²) in [5, 5.41) is 0.741. The Hall–Kier alpha value is -1.55. The summed E-state index contributed by atoms with van der Waals surface area (Å²) in [5.41, 5.74) is 6.15. The average molecular weight is 206 g/mol. The summed E-state index contributed by atoms with van der Waals surface area (Å²) >= 11 is 4.76. The molecule has 0 aliphatic heterocycles. The Morgan fingerprint density at radius 2 is 2.07 bits per heavy atom. The van der Waals surface area contributed by atoms with Gasteiger partial charge in [-0.1, -0.05) is 30.4 Å². The summed E-state index contributed by atoms with van der Waals surface area (Å²) in [6, 6.07) is 8.22. The fourth-order valence-electron chi connectivity index (χ4n) is 1.25. The number of hydrogen-bond acceptors (Lipinski definition) is 2. The normalized spacial score (nSPS) is 10.4. The van der Waals surface area contributed by atoms with Gasteiger partial charge in [-0.05, 0) is 12.1 Å². The molecule has 0 fully saturated rings. The van der Waals surface area contributed by atoms with Crippen LogP contribution in [0.5, 0.6) is 0 Å². The van der Waals surface area contributed by atoms with Crippen molar-refractivity contribution in [3.63, 3.8) is 0 Å². The number of benzene rings is 1. The van der Waals surface area contributed by atoms with E-state index < -0.39 is 0 Å². The molecule has 0 aliphatic carbocycles. The molecule has 1 aromatic carbocycles. The molecule has 2 rings (SSSR count). The molecular formula is C10H7FN2S. The van der Waals surface area contributed by atoms with Crippen LogP contribution in [0, 0.1) is 5.82 Å². The van der Waals surface area contributed by atoms with Crippen molar-refractivity contribution < 1.29 is 4.39 Å². The highest BCUT2D eigenvalue weighted by atomic mass is 32.1. The maximum absolute atomic E-state index is 13.3. The summed E-state index contributed by atoms with van der Waals surface area (Å²) in [6.45, 7) is 0.